The maximum Gasteiger partial charge on any atom is 0.0701 e. The van der Waals surface area contributed by atoms with E-state index in [2.05, 4.69) is 17.9 Å². The van der Waals surface area contributed by atoms with Crippen molar-refractivity contribution in [3.05, 3.63) is 0 Å². The Kier molecular flexibility index (Phi) is 10.4. The average molecular weight is 179 g/mol. The van der Waals surface area contributed by atoms with E-state index in [1.807, 2.05) is 7.05 Å². The second kappa shape index (κ2) is 10.2. The van der Waals surface area contributed by atoms with Gasteiger partial charge in [-0.05, 0) is 7.05 Å². The van der Waals surface area contributed by atoms with Gasteiger partial charge in [-0.3, -0.25) is 0 Å². The van der Waals surface area contributed by atoms with Gasteiger partial charge in [0, 0.05) is 12.3 Å². The predicted octanol–water partition coefficient (Wildman–Crippen LogP) is 0.169. The minimum Gasteiger partial charge on any atom is -0.378 e. The molecule has 0 spiro atoms. The molecular weight excluding hydrogens is 162 g/mol. The Bertz CT molecular complexity index is 65.5. The van der Waals surface area contributed by atoms with Crippen LogP contribution in [0.25, 0.3) is 0 Å². The summed E-state index contributed by atoms with van der Waals surface area (Å²) in [5.74, 6) is 0.774. The van der Waals surface area contributed by atoms with Gasteiger partial charge in [-0.1, -0.05) is 0 Å². The largest absolute Gasteiger partial charge is 0.378 e. The van der Waals surface area contributed by atoms with Crippen LogP contribution in [-0.4, -0.2) is 45.8 Å². The zero-order valence-corrected chi connectivity index (χ0v) is 7.90. The number of thiol groups is 1. The summed E-state index contributed by atoms with van der Waals surface area (Å²) < 4.78 is 10.3. The minimum absolute atomic E-state index is 0.671. The topological polar surface area (TPSA) is 30.5 Å². The van der Waals surface area contributed by atoms with E-state index < -0.39 is 0 Å². The van der Waals surface area contributed by atoms with E-state index in [4.69, 9.17) is 9.47 Å². The lowest BCUT2D eigenvalue weighted by Crippen LogP contribution is -2.16. The van der Waals surface area contributed by atoms with Gasteiger partial charge in [0.25, 0.3) is 0 Å². The summed E-state index contributed by atoms with van der Waals surface area (Å²) in [5, 5.41) is 2.99. The highest BCUT2D eigenvalue weighted by molar-refractivity contribution is 7.80. The molecule has 0 fully saturated rings. The summed E-state index contributed by atoms with van der Waals surface area (Å²) in [7, 11) is 1.90. The SMILES string of the molecule is CNCCOCCOCCS. The second-order valence-electron chi connectivity index (χ2n) is 2.05. The van der Waals surface area contributed by atoms with E-state index in [0.717, 1.165) is 18.9 Å². The third-order valence-electron chi connectivity index (χ3n) is 1.10. The van der Waals surface area contributed by atoms with Crippen LogP contribution in [0, 0.1) is 0 Å². The first-order valence-electron chi connectivity index (χ1n) is 3.82. The number of ether oxygens (including phenoxy) is 2. The maximum atomic E-state index is 5.21. The van der Waals surface area contributed by atoms with Gasteiger partial charge in [0.05, 0.1) is 26.4 Å². The summed E-state index contributed by atoms with van der Waals surface area (Å²) >= 11 is 4.00. The summed E-state index contributed by atoms with van der Waals surface area (Å²) in [6.45, 7) is 3.70. The first-order valence-corrected chi connectivity index (χ1v) is 4.46. The minimum atomic E-state index is 0.671. The number of rotatable bonds is 8. The average Bonchev–Trinajstić information content (AvgIpc) is 2.03. The Labute approximate surface area is 73.9 Å². The normalized spacial score (nSPS) is 10.4. The van der Waals surface area contributed by atoms with Crippen LogP contribution in [0.1, 0.15) is 0 Å². The molecule has 11 heavy (non-hydrogen) atoms. The van der Waals surface area contributed by atoms with Crippen molar-refractivity contribution < 1.29 is 9.47 Å². The molecule has 0 atom stereocenters. The molecule has 3 nitrogen and oxygen atoms in total. The fourth-order valence-corrected chi connectivity index (χ4v) is 0.690. The Morgan fingerprint density at radius 3 is 2.27 bits per heavy atom. The molecule has 0 heterocycles. The van der Waals surface area contributed by atoms with Crippen molar-refractivity contribution >= 4 is 12.6 Å². The van der Waals surface area contributed by atoms with Gasteiger partial charge in [-0.15, -0.1) is 0 Å². The Morgan fingerprint density at radius 1 is 1.09 bits per heavy atom. The lowest BCUT2D eigenvalue weighted by atomic mass is 10.7. The van der Waals surface area contributed by atoms with Gasteiger partial charge in [0.2, 0.25) is 0 Å². The van der Waals surface area contributed by atoms with Gasteiger partial charge in [-0.2, -0.15) is 12.6 Å². The second-order valence-corrected chi connectivity index (χ2v) is 2.50. The molecular formula is C7H17NO2S. The number of hydrogen-bond acceptors (Lipinski definition) is 4. The van der Waals surface area contributed by atoms with Gasteiger partial charge in [-0.25, -0.2) is 0 Å². The van der Waals surface area contributed by atoms with Crippen molar-refractivity contribution in [1.29, 1.82) is 0 Å². The molecule has 4 heteroatoms. The summed E-state index contributed by atoms with van der Waals surface area (Å²) in [6.07, 6.45) is 0. The van der Waals surface area contributed by atoms with Crippen LogP contribution in [0.5, 0.6) is 0 Å². The van der Waals surface area contributed by atoms with Crippen molar-refractivity contribution in [1.82, 2.24) is 5.32 Å². The third-order valence-corrected chi connectivity index (χ3v) is 1.29. The van der Waals surface area contributed by atoms with Crippen LogP contribution in [0.4, 0.5) is 0 Å². The molecule has 1 N–H and O–H groups in total. The highest BCUT2D eigenvalue weighted by atomic mass is 32.1. The van der Waals surface area contributed by atoms with Gasteiger partial charge in [0.15, 0.2) is 0 Å². The standard InChI is InChI=1S/C7H17NO2S/c1-8-2-3-9-4-5-10-6-7-11/h8,11H,2-7H2,1H3. The maximum absolute atomic E-state index is 5.21. The fourth-order valence-electron chi connectivity index (χ4n) is 0.561. The molecule has 0 unspecified atom stereocenters. The molecule has 0 rings (SSSR count). The molecule has 0 aliphatic carbocycles. The molecule has 0 aromatic rings. The zero-order valence-electron chi connectivity index (χ0n) is 7.01. The molecule has 0 aromatic heterocycles. The van der Waals surface area contributed by atoms with E-state index >= 15 is 0 Å². The van der Waals surface area contributed by atoms with Crippen molar-refractivity contribution in [3.8, 4) is 0 Å². The Hall–Kier alpha value is 0.230. The summed E-state index contributed by atoms with van der Waals surface area (Å²) in [4.78, 5) is 0. The fraction of sp³-hybridized carbons (Fsp3) is 1.00. The summed E-state index contributed by atoms with van der Waals surface area (Å²) in [6, 6.07) is 0. The van der Waals surface area contributed by atoms with Crippen molar-refractivity contribution in [2.24, 2.45) is 0 Å². The Balaban J connectivity index is 2.69. The lowest BCUT2D eigenvalue weighted by molar-refractivity contribution is 0.0555. The molecule has 0 amide bonds. The van der Waals surface area contributed by atoms with Crippen LogP contribution in [-0.2, 0) is 9.47 Å². The van der Waals surface area contributed by atoms with Crippen LogP contribution < -0.4 is 5.32 Å². The quantitative estimate of drug-likeness (QED) is 0.411. The summed E-state index contributed by atoms with van der Waals surface area (Å²) in [5.41, 5.74) is 0. The first-order chi connectivity index (χ1) is 5.41. The molecule has 0 bridgehead atoms. The lowest BCUT2D eigenvalue weighted by Gasteiger charge is -2.03. The number of nitrogens with one attached hydrogen (secondary N) is 1. The number of likely N-dealkylation sites (N-methyl/N-ethyl adjacent to an activating group) is 1. The Morgan fingerprint density at radius 2 is 1.73 bits per heavy atom. The van der Waals surface area contributed by atoms with E-state index in [1.165, 1.54) is 0 Å². The van der Waals surface area contributed by atoms with Crippen LogP contribution in [0.2, 0.25) is 0 Å². The van der Waals surface area contributed by atoms with E-state index in [1.54, 1.807) is 0 Å². The molecule has 0 saturated heterocycles. The first kappa shape index (κ1) is 11.2. The van der Waals surface area contributed by atoms with Gasteiger partial charge >= 0.3 is 0 Å². The van der Waals surface area contributed by atoms with Crippen molar-refractivity contribution in [2.75, 3.05) is 45.8 Å². The molecule has 0 aromatic carbocycles. The molecule has 0 aliphatic rings. The zero-order chi connectivity index (χ0) is 8.36. The highest BCUT2D eigenvalue weighted by Gasteiger charge is 1.87. The monoisotopic (exact) mass is 179 g/mol. The van der Waals surface area contributed by atoms with Crippen LogP contribution in [0.3, 0.4) is 0 Å². The van der Waals surface area contributed by atoms with Crippen LogP contribution >= 0.6 is 12.6 Å². The number of hydrogen-bond donors (Lipinski definition) is 2. The highest BCUT2D eigenvalue weighted by Crippen LogP contribution is 1.79. The van der Waals surface area contributed by atoms with E-state index in [-0.39, 0.29) is 0 Å². The van der Waals surface area contributed by atoms with Gasteiger partial charge in [0.1, 0.15) is 0 Å². The molecule has 0 radical (unpaired) electrons. The molecule has 0 saturated carbocycles. The predicted molar refractivity (Wildman–Crippen MR) is 49.4 cm³/mol. The van der Waals surface area contributed by atoms with Crippen molar-refractivity contribution in [3.63, 3.8) is 0 Å². The van der Waals surface area contributed by atoms with E-state index in [9.17, 15) is 0 Å². The van der Waals surface area contributed by atoms with E-state index in [0.29, 0.717) is 19.8 Å². The molecule has 68 valence electrons. The van der Waals surface area contributed by atoms with Gasteiger partial charge < -0.3 is 14.8 Å². The van der Waals surface area contributed by atoms with Crippen LogP contribution in [0.15, 0.2) is 0 Å². The molecule has 0 aliphatic heterocycles. The smallest absolute Gasteiger partial charge is 0.0701 e. The third kappa shape index (κ3) is 10.2. The van der Waals surface area contributed by atoms with Crippen molar-refractivity contribution in [2.45, 2.75) is 0 Å².